The highest BCUT2D eigenvalue weighted by atomic mass is 16.6. The molecule has 48 heavy (non-hydrogen) atoms. The fourth-order valence-electron chi connectivity index (χ4n) is 4.33. The lowest BCUT2D eigenvalue weighted by Crippen LogP contribution is -2.53. The number of benzene rings is 1. The summed E-state index contributed by atoms with van der Waals surface area (Å²) in [6.45, 7) is 8.64. The second-order valence-electron chi connectivity index (χ2n) is 12.9. The Balaban J connectivity index is 0.000000521. The summed E-state index contributed by atoms with van der Waals surface area (Å²) in [4.78, 5) is 67.9. The number of nitrogens with one attached hydrogen (secondary N) is 2. The lowest BCUT2D eigenvalue weighted by molar-refractivity contribution is -0.170. The van der Waals surface area contributed by atoms with E-state index in [0.717, 1.165) is 18.9 Å². The zero-order valence-electron chi connectivity index (χ0n) is 27.2. The van der Waals surface area contributed by atoms with Crippen LogP contribution in [0.1, 0.15) is 68.8 Å². The van der Waals surface area contributed by atoms with Crippen LogP contribution in [0.15, 0.2) is 12.1 Å². The summed E-state index contributed by atoms with van der Waals surface area (Å²) < 4.78 is 16.3. The molecule has 1 heterocycles. The van der Waals surface area contributed by atoms with Gasteiger partial charge in [0, 0.05) is 25.2 Å². The Morgan fingerprint density at radius 3 is 2.10 bits per heavy atom. The van der Waals surface area contributed by atoms with Crippen LogP contribution in [0.25, 0.3) is 0 Å². The number of aliphatic hydroxyl groups is 1. The van der Waals surface area contributed by atoms with E-state index in [2.05, 4.69) is 10.6 Å². The predicted octanol–water partition coefficient (Wildman–Crippen LogP) is 0.547. The van der Waals surface area contributed by atoms with Crippen molar-refractivity contribution in [3.63, 3.8) is 0 Å². The molecular weight excluding hydrogens is 640 g/mol. The zero-order valence-corrected chi connectivity index (χ0v) is 27.2. The van der Waals surface area contributed by atoms with Gasteiger partial charge in [-0.05, 0) is 64.7 Å². The molecule has 3 rings (SSSR count). The van der Waals surface area contributed by atoms with E-state index in [1.807, 2.05) is 20.8 Å². The van der Waals surface area contributed by atoms with Crippen molar-refractivity contribution in [2.75, 3.05) is 32.9 Å². The summed E-state index contributed by atoms with van der Waals surface area (Å²) in [6.07, 6.45) is -0.836. The van der Waals surface area contributed by atoms with E-state index in [9.17, 15) is 39.0 Å². The summed E-state index contributed by atoms with van der Waals surface area (Å²) in [5.74, 6) is -7.02. The predicted molar refractivity (Wildman–Crippen MR) is 163 cm³/mol. The number of esters is 2. The molecule has 2 atom stereocenters. The monoisotopic (exact) mass is 684 g/mol. The lowest BCUT2D eigenvalue weighted by Gasteiger charge is -2.30. The third kappa shape index (κ3) is 12.3. The Morgan fingerprint density at radius 1 is 1.02 bits per heavy atom. The Bertz CT molecular complexity index is 1350. The molecule has 0 spiro atoms. The molecule has 0 aromatic heterocycles. The fourth-order valence-corrected chi connectivity index (χ4v) is 4.33. The van der Waals surface area contributed by atoms with Crippen LogP contribution in [0.5, 0.6) is 11.5 Å². The number of aryl methyl sites for hydroxylation is 1. The van der Waals surface area contributed by atoms with E-state index in [-0.39, 0.29) is 42.3 Å². The average molecular weight is 685 g/mol. The molecule has 8 N–H and O–H groups in total. The molecule has 1 aliphatic heterocycles. The average Bonchev–Trinajstić information content (AvgIpc) is 3.49. The first-order chi connectivity index (χ1) is 22.2. The number of carboxylic acid groups (broad SMARTS) is 3. The van der Waals surface area contributed by atoms with Crippen LogP contribution in [0.2, 0.25) is 0 Å². The molecule has 17 heteroatoms. The molecule has 1 aromatic carbocycles. The van der Waals surface area contributed by atoms with Gasteiger partial charge in [-0.1, -0.05) is 0 Å². The minimum Gasteiger partial charge on any atom is -0.504 e. The number of hydrogen-bond donors (Lipinski definition) is 8. The molecule has 0 bridgehead atoms. The van der Waals surface area contributed by atoms with E-state index in [0.29, 0.717) is 31.7 Å². The van der Waals surface area contributed by atoms with Crippen LogP contribution in [0, 0.1) is 18.3 Å². The van der Waals surface area contributed by atoms with E-state index in [1.165, 1.54) is 6.07 Å². The van der Waals surface area contributed by atoms with E-state index >= 15 is 0 Å². The second-order valence-corrected chi connectivity index (χ2v) is 12.9. The number of carbonyl (C=O) groups is 6. The van der Waals surface area contributed by atoms with Crippen molar-refractivity contribution in [3.8, 4) is 11.5 Å². The van der Waals surface area contributed by atoms with Crippen molar-refractivity contribution in [1.82, 2.24) is 10.6 Å². The summed E-state index contributed by atoms with van der Waals surface area (Å²) in [7, 11) is 0. The maximum absolute atomic E-state index is 12.6. The van der Waals surface area contributed by atoms with Gasteiger partial charge in [-0.15, -0.1) is 0 Å². The molecule has 2 aliphatic rings. The van der Waals surface area contributed by atoms with Gasteiger partial charge in [0.15, 0.2) is 17.1 Å². The number of aromatic hydroxyl groups is 2. The van der Waals surface area contributed by atoms with Crippen LogP contribution in [0.4, 0.5) is 0 Å². The molecular formula is C31H44N2O15. The molecule has 17 nitrogen and oxygen atoms in total. The normalized spacial score (nSPS) is 17.2. The highest BCUT2D eigenvalue weighted by Gasteiger charge is 2.47. The van der Waals surface area contributed by atoms with E-state index in [1.54, 1.807) is 6.92 Å². The quantitative estimate of drug-likeness (QED) is 0.0872. The third-order valence-corrected chi connectivity index (χ3v) is 7.81. The first kappa shape index (κ1) is 39.7. The Labute approximate surface area is 276 Å². The van der Waals surface area contributed by atoms with Gasteiger partial charge < -0.3 is 55.5 Å². The van der Waals surface area contributed by atoms with Crippen LogP contribution in [0.3, 0.4) is 0 Å². The molecule has 2 fully saturated rings. The molecule has 1 saturated carbocycles. The summed E-state index contributed by atoms with van der Waals surface area (Å²) in [6, 6.07) is 2.41. The van der Waals surface area contributed by atoms with Gasteiger partial charge in [-0.25, -0.2) is 9.59 Å². The van der Waals surface area contributed by atoms with Crippen molar-refractivity contribution in [1.29, 1.82) is 0 Å². The number of rotatable bonds is 16. The molecule has 1 amide bonds. The topological polar surface area (TPSA) is 276 Å². The van der Waals surface area contributed by atoms with Gasteiger partial charge in [0.1, 0.15) is 12.7 Å². The van der Waals surface area contributed by atoms with Crippen LogP contribution >= 0.6 is 0 Å². The van der Waals surface area contributed by atoms with Crippen molar-refractivity contribution >= 4 is 35.8 Å². The fraction of sp³-hybridized carbons (Fsp3) is 0.613. The molecule has 1 saturated heterocycles. The molecule has 2 unspecified atom stereocenters. The summed E-state index contributed by atoms with van der Waals surface area (Å²) >= 11 is 0. The van der Waals surface area contributed by atoms with Crippen molar-refractivity contribution in [2.45, 2.75) is 77.0 Å². The zero-order chi connectivity index (χ0) is 36.4. The highest BCUT2D eigenvalue weighted by Crippen LogP contribution is 2.46. The van der Waals surface area contributed by atoms with Gasteiger partial charge in [-0.2, -0.15) is 0 Å². The first-order valence-corrected chi connectivity index (χ1v) is 15.1. The van der Waals surface area contributed by atoms with E-state index in [4.69, 9.17) is 34.6 Å². The number of phenols is 2. The number of carboxylic acids is 3. The minimum atomic E-state index is -2.74. The summed E-state index contributed by atoms with van der Waals surface area (Å²) in [5.41, 5.74) is -3.22. The number of hydrogen-bond acceptors (Lipinski definition) is 13. The van der Waals surface area contributed by atoms with Crippen LogP contribution in [-0.4, -0.2) is 117 Å². The number of ether oxygens (including phenoxy) is 3. The second kappa shape index (κ2) is 16.6. The largest absolute Gasteiger partial charge is 0.504 e. The van der Waals surface area contributed by atoms with Crippen molar-refractivity contribution in [3.05, 3.63) is 23.3 Å². The van der Waals surface area contributed by atoms with Gasteiger partial charge >= 0.3 is 29.8 Å². The van der Waals surface area contributed by atoms with Gasteiger partial charge in [0.05, 0.1) is 36.3 Å². The standard InChI is InChI=1S/C25H36N2O8.C6H8O7/c1-15-9-19(28)20(29)10-18(15)22(31)34-13-17(35-23(32)25(4)6-7-25)11-27-24(2,3)14-26-21(30)16-5-8-33-12-16;7-3(8)1-6(13,5(11)12)2-4(9)10/h9-10,16-17,27-29H,5-8,11-14H2,1-4H3,(H,26,30);13H,1-2H2,(H,7,8)(H,9,10)(H,11,12). The number of phenolic OH excluding ortho intramolecular Hbond substituents is 2. The van der Waals surface area contributed by atoms with E-state index < -0.39 is 65.1 Å². The number of aliphatic carboxylic acids is 3. The highest BCUT2D eigenvalue weighted by molar-refractivity contribution is 5.92. The van der Waals surface area contributed by atoms with Gasteiger partial charge in [0.25, 0.3) is 0 Å². The molecule has 1 aromatic rings. The Hall–Kier alpha value is -4.48. The van der Waals surface area contributed by atoms with Crippen LogP contribution < -0.4 is 10.6 Å². The number of carbonyl (C=O) groups excluding carboxylic acids is 3. The smallest absolute Gasteiger partial charge is 0.338 e. The van der Waals surface area contributed by atoms with Crippen molar-refractivity contribution in [2.24, 2.45) is 11.3 Å². The first-order valence-electron chi connectivity index (χ1n) is 15.1. The van der Waals surface area contributed by atoms with Crippen molar-refractivity contribution < 1.29 is 73.6 Å². The number of amides is 1. The minimum absolute atomic E-state index is 0.0524. The Morgan fingerprint density at radius 2 is 1.60 bits per heavy atom. The molecule has 268 valence electrons. The molecule has 1 aliphatic carbocycles. The summed E-state index contributed by atoms with van der Waals surface area (Å²) in [5, 5.41) is 59.3. The SMILES string of the molecule is Cc1cc(O)c(O)cc1C(=O)OCC(CNC(C)(C)CNC(=O)C1CCOC1)OC(=O)C1(C)CC1.O=C(O)CC(O)(CC(=O)O)C(=O)O. The maximum atomic E-state index is 12.6. The Kier molecular flexibility index (Phi) is 13.7. The van der Waals surface area contributed by atoms with Gasteiger partial charge in [0.2, 0.25) is 5.91 Å². The third-order valence-electron chi connectivity index (χ3n) is 7.81. The van der Waals surface area contributed by atoms with Gasteiger partial charge in [-0.3, -0.25) is 19.2 Å². The molecule has 0 radical (unpaired) electrons. The maximum Gasteiger partial charge on any atom is 0.338 e. The lowest BCUT2D eigenvalue weighted by atomic mass is 9.96. The van der Waals surface area contributed by atoms with Crippen LogP contribution in [-0.2, 0) is 38.2 Å².